The number of rotatable bonds is 4. The minimum absolute atomic E-state index is 0.119. The predicted molar refractivity (Wildman–Crippen MR) is 120 cm³/mol. The van der Waals surface area contributed by atoms with Crippen molar-refractivity contribution in [1.29, 1.82) is 0 Å². The van der Waals surface area contributed by atoms with Gasteiger partial charge in [0.25, 0.3) is 5.91 Å². The molecule has 1 aliphatic rings. The molecule has 7 nitrogen and oxygen atoms in total. The summed E-state index contributed by atoms with van der Waals surface area (Å²) < 4.78 is 14.4. The smallest absolute Gasteiger partial charge is 0.253 e. The molecule has 0 radical (unpaired) electrons. The SMILES string of the molecule is Cc1cc(-c2n[nH]c3ncc(C(=O)NC4CN(C)CC4c4ccccc4F)cc23)ccn1. The normalized spacial score (nSPS) is 18.8. The number of likely N-dealkylation sites (tertiary alicyclic amines) is 1. The lowest BCUT2D eigenvalue weighted by Crippen LogP contribution is -2.39. The molecule has 1 aliphatic heterocycles. The molecule has 162 valence electrons. The third kappa shape index (κ3) is 3.73. The molecule has 4 aromatic rings. The molecule has 1 amide bonds. The number of H-pyrrole nitrogens is 1. The number of likely N-dealkylation sites (N-methyl/N-ethyl adjacent to an activating group) is 1. The van der Waals surface area contributed by atoms with E-state index >= 15 is 0 Å². The van der Waals surface area contributed by atoms with E-state index in [-0.39, 0.29) is 23.7 Å². The van der Waals surface area contributed by atoms with Crippen LogP contribution < -0.4 is 5.32 Å². The molecule has 3 aromatic heterocycles. The lowest BCUT2D eigenvalue weighted by atomic mass is 9.93. The van der Waals surface area contributed by atoms with E-state index in [1.165, 1.54) is 12.3 Å². The molecule has 2 unspecified atom stereocenters. The number of aromatic amines is 1. The van der Waals surface area contributed by atoms with Gasteiger partial charge in [-0.2, -0.15) is 5.10 Å². The number of nitrogens with one attached hydrogen (secondary N) is 2. The van der Waals surface area contributed by atoms with Gasteiger partial charge in [-0.1, -0.05) is 18.2 Å². The van der Waals surface area contributed by atoms with Crippen molar-refractivity contribution in [3.05, 3.63) is 77.5 Å². The fourth-order valence-corrected chi connectivity index (χ4v) is 4.43. The molecule has 8 heteroatoms. The predicted octanol–water partition coefficient (Wildman–Crippen LogP) is 3.30. The summed E-state index contributed by atoms with van der Waals surface area (Å²) in [6, 6.07) is 12.2. The van der Waals surface area contributed by atoms with E-state index in [0.717, 1.165) is 22.3 Å². The maximum atomic E-state index is 14.4. The third-order valence-corrected chi connectivity index (χ3v) is 5.97. The monoisotopic (exact) mass is 430 g/mol. The quantitative estimate of drug-likeness (QED) is 0.519. The van der Waals surface area contributed by atoms with Gasteiger partial charge < -0.3 is 10.2 Å². The number of benzene rings is 1. The van der Waals surface area contributed by atoms with Crippen molar-refractivity contribution in [3.63, 3.8) is 0 Å². The summed E-state index contributed by atoms with van der Waals surface area (Å²) in [5, 5.41) is 11.2. The largest absolute Gasteiger partial charge is 0.347 e. The summed E-state index contributed by atoms with van der Waals surface area (Å²) in [6.07, 6.45) is 3.27. The van der Waals surface area contributed by atoms with Gasteiger partial charge >= 0.3 is 0 Å². The first-order valence-electron chi connectivity index (χ1n) is 10.5. The lowest BCUT2D eigenvalue weighted by Gasteiger charge is -2.20. The van der Waals surface area contributed by atoms with Crippen LogP contribution in [0.15, 0.2) is 54.9 Å². The lowest BCUT2D eigenvalue weighted by molar-refractivity contribution is 0.0935. The van der Waals surface area contributed by atoms with Crippen molar-refractivity contribution in [3.8, 4) is 11.3 Å². The number of pyridine rings is 2. The average molecular weight is 430 g/mol. The molecule has 0 spiro atoms. The second kappa shape index (κ2) is 8.12. The summed E-state index contributed by atoms with van der Waals surface area (Å²) in [5.74, 6) is -0.601. The van der Waals surface area contributed by atoms with Crippen LogP contribution >= 0.6 is 0 Å². The molecule has 1 aromatic carbocycles. The van der Waals surface area contributed by atoms with Gasteiger partial charge in [0, 0.05) is 54.1 Å². The minimum Gasteiger partial charge on any atom is -0.347 e. The van der Waals surface area contributed by atoms with E-state index in [4.69, 9.17) is 0 Å². The van der Waals surface area contributed by atoms with Crippen LogP contribution in [0.3, 0.4) is 0 Å². The number of aromatic nitrogens is 4. The first kappa shape index (κ1) is 20.3. The Bertz CT molecular complexity index is 1300. The van der Waals surface area contributed by atoms with Gasteiger partial charge in [0.2, 0.25) is 0 Å². The summed E-state index contributed by atoms with van der Waals surface area (Å²) in [5.41, 5.74) is 4.17. The highest BCUT2D eigenvalue weighted by molar-refractivity contribution is 6.00. The van der Waals surface area contributed by atoms with Crippen molar-refractivity contribution < 1.29 is 9.18 Å². The van der Waals surface area contributed by atoms with Crippen molar-refractivity contribution >= 4 is 16.9 Å². The standard InChI is InChI=1S/C24H23FN6O/c1-14-9-15(7-8-26-14)22-18-10-16(11-27-23(18)30-29-22)24(32)28-21-13-31(2)12-19(21)17-5-3-4-6-20(17)25/h3-11,19,21H,12-13H2,1-2H3,(H,28,32)(H,27,29,30). The number of nitrogens with zero attached hydrogens (tertiary/aromatic N) is 4. The van der Waals surface area contributed by atoms with E-state index in [9.17, 15) is 9.18 Å². The van der Waals surface area contributed by atoms with Crippen molar-refractivity contribution in [2.75, 3.05) is 20.1 Å². The Morgan fingerprint density at radius 1 is 1.19 bits per heavy atom. The number of carbonyl (C=O) groups excluding carboxylic acids is 1. The van der Waals surface area contributed by atoms with Crippen LogP contribution in [0.4, 0.5) is 4.39 Å². The van der Waals surface area contributed by atoms with Gasteiger partial charge in [-0.25, -0.2) is 9.37 Å². The molecule has 5 rings (SSSR count). The Hall–Kier alpha value is -3.65. The second-order valence-electron chi connectivity index (χ2n) is 8.31. The Balaban J connectivity index is 1.43. The van der Waals surface area contributed by atoms with Crippen LogP contribution in [-0.4, -0.2) is 57.2 Å². The molecular formula is C24H23FN6O. The maximum absolute atomic E-state index is 14.4. The van der Waals surface area contributed by atoms with Crippen LogP contribution in [-0.2, 0) is 0 Å². The Morgan fingerprint density at radius 2 is 2.03 bits per heavy atom. The highest BCUT2D eigenvalue weighted by atomic mass is 19.1. The van der Waals surface area contributed by atoms with Gasteiger partial charge in [-0.15, -0.1) is 0 Å². The molecule has 1 fully saturated rings. The molecule has 2 N–H and O–H groups in total. The summed E-state index contributed by atoms with van der Waals surface area (Å²) in [7, 11) is 1.97. The zero-order valence-corrected chi connectivity index (χ0v) is 17.8. The van der Waals surface area contributed by atoms with Crippen molar-refractivity contribution in [1.82, 2.24) is 30.4 Å². The second-order valence-corrected chi connectivity index (χ2v) is 8.31. The first-order valence-corrected chi connectivity index (χ1v) is 10.5. The minimum atomic E-state index is -0.245. The van der Waals surface area contributed by atoms with E-state index in [1.54, 1.807) is 24.4 Å². The summed E-state index contributed by atoms with van der Waals surface area (Å²) >= 11 is 0. The van der Waals surface area contributed by atoms with E-state index in [1.807, 2.05) is 32.2 Å². The molecule has 4 heterocycles. The van der Waals surface area contributed by atoms with Gasteiger partial charge in [-0.3, -0.25) is 14.9 Å². The Labute approximate surface area is 184 Å². The third-order valence-electron chi connectivity index (χ3n) is 5.97. The topological polar surface area (TPSA) is 86.8 Å². The van der Waals surface area contributed by atoms with Crippen LogP contribution in [0.1, 0.15) is 27.5 Å². The van der Waals surface area contributed by atoms with Crippen molar-refractivity contribution in [2.24, 2.45) is 0 Å². The fourth-order valence-electron chi connectivity index (χ4n) is 4.43. The highest BCUT2D eigenvalue weighted by Gasteiger charge is 2.34. The number of hydrogen-bond acceptors (Lipinski definition) is 5. The van der Waals surface area contributed by atoms with Gasteiger partial charge in [0.15, 0.2) is 5.65 Å². The van der Waals surface area contributed by atoms with Crippen LogP contribution in [0.5, 0.6) is 0 Å². The fraction of sp³-hybridized carbons (Fsp3) is 0.250. The van der Waals surface area contributed by atoms with Crippen molar-refractivity contribution in [2.45, 2.75) is 18.9 Å². The highest BCUT2D eigenvalue weighted by Crippen LogP contribution is 2.30. The number of aryl methyl sites for hydroxylation is 1. The van der Waals surface area contributed by atoms with Crippen LogP contribution in [0.2, 0.25) is 0 Å². The molecule has 32 heavy (non-hydrogen) atoms. The summed E-state index contributed by atoms with van der Waals surface area (Å²) in [4.78, 5) is 23.8. The average Bonchev–Trinajstić information content (AvgIpc) is 3.36. The number of halogens is 1. The number of hydrogen-bond donors (Lipinski definition) is 2. The zero-order chi connectivity index (χ0) is 22.2. The van der Waals surface area contributed by atoms with Crippen LogP contribution in [0, 0.1) is 12.7 Å². The molecule has 2 atom stereocenters. The van der Waals surface area contributed by atoms with Gasteiger partial charge in [-0.05, 0) is 43.8 Å². The number of fused-ring (bicyclic) bond motifs is 1. The van der Waals surface area contributed by atoms with Gasteiger partial charge in [0.1, 0.15) is 11.5 Å². The first-order chi connectivity index (χ1) is 15.5. The number of amides is 1. The molecule has 0 bridgehead atoms. The van der Waals surface area contributed by atoms with Gasteiger partial charge in [0.05, 0.1) is 5.56 Å². The molecular weight excluding hydrogens is 407 g/mol. The Morgan fingerprint density at radius 3 is 2.84 bits per heavy atom. The summed E-state index contributed by atoms with van der Waals surface area (Å²) in [6.45, 7) is 3.24. The van der Waals surface area contributed by atoms with Crippen LogP contribution in [0.25, 0.3) is 22.3 Å². The maximum Gasteiger partial charge on any atom is 0.253 e. The van der Waals surface area contributed by atoms with E-state index in [0.29, 0.717) is 29.9 Å². The molecule has 0 aliphatic carbocycles. The Kier molecular flexibility index (Phi) is 5.14. The number of carbonyl (C=O) groups is 1. The van der Waals surface area contributed by atoms with E-state index in [2.05, 4.69) is 30.4 Å². The molecule has 1 saturated heterocycles. The van der Waals surface area contributed by atoms with E-state index < -0.39 is 0 Å². The molecule has 0 saturated carbocycles. The zero-order valence-electron chi connectivity index (χ0n) is 17.8.